The van der Waals surface area contributed by atoms with Crippen molar-refractivity contribution in [1.29, 1.82) is 0 Å². The van der Waals surface area contributed by atoms with Gasteiger partial charge in [0.1, 0.15) is 22.7 Å². The Bertz CT molecular complexity index is 1530. The smallest absolute Gasteiger partial charge is 0.341 e. The van der Waals surface area contributed by atoms with Gasteiger partial charge in [0.25, 0.3) is 0 Å². The van der Waals surface area contributed by atoms with Gasteiger partial charge in [-0.2, -0.15) is 0 Å². The molecule has 34 heavy (non-hydrogen) atoms. The zero-order valence-electron chi connectivity index (χ0n) is 18.4. The van der Waals surface area contributed by atoms with Crippen LogP contribution in [0.25, 0.3) is 27.7 Å². The van der Waals surface area contributed by atoms with Gasteiger partial charge in [-0.3, -0.25) is 9.69 Å². The van der Waals surface area contributed by atoms with Crippen molar-refractivity contribution < 1.29 is 23.4 Å². The Labute approximate surface area is 193 Å². The Kier molecular flexibility index (Phi) is 5.17. The van der Waals surface area contributed by atoms with Gasteiger partial charge in [0, 0.05) is 25.0 Å². The minimum Gasteiger partial charge on any atom is -0.494 e. The molecule has 4 aromatic rings. The molecule has 3 aromatic carbocycles. The first-order valence-electron chi connectivity index (χ1n) is 10.5. The van der Waals surface area contributed by atoms with Gasteiger partial charge in [0.05, 0.1) is 18.1 Å². The average Bonchev–Trinajstić information content (AvgIpc) is 3.18. The molecule has 1 aromatic heterocycles. The van der Waals surface area contributed by atoms with Crippen molar-refractivity contribution in [3.63, 3.8) is 0 Å². The van der Waals surface area contributed by atoms with E-state index in [1.807, 2.05) is 19.2 Å². The zero-order valence-corrected chi connectivity index (χ0v) is 18.4. The first-order valence-corrected chi connectivity index (χ1v) is 10.5. The maximum absolute atomic E-state index is 15.5. The number of rotatable bonds is 4. The van der Waals surface area contributed by atoms with Gasteiger partial charge in [-0.15, -0.1) is 0 Å². The van der Waals surface area contributed by atoms with Crippen LogP contribution < -0.4 is 10.2 Å². The fourth-order valence-corrected chi connectivity index (χ4v) is 4.57. The topological polar surface area (TPSA) is 71.8 Å². The molecule has 1 aliphatic rings. The second kappa shape index (κ2) is 8.07. The Hall–Kier alpha value is -4.04. The summed E-state index contributed by atoms with van der Waals surface area (Å²) in [7, 11) is 3.36. The van der Waals surface area contributed by atoms with Crippen LogP contribution in [-0.2, 0) is 13.1 Å². The van der Waals surface area contributed by atoms with E-state index in [0.717, 1.165) is 36.5 Å². The lowest BCUT2D eigenvalue weighted by molar-refractivity contribution is 0.0695. The number of halogens is 2. The van der Waals surface area contributed by atoms with Gasteiger partial charge in [-0.25, -0.2) is 13.6 Å². The van der Waals surface area contributed by atoms with Crippen LogP contribution in [0.1, 0.15) is 21.5 Å². The van der Waals surface area contributed by atoms with Gasteiger partial charge in [0.2, 0.25) is 5.43 Å². The third-order valence-electron chi connectivity index (χ3n) is 6.11. The predicted molar refractivity (Wildman–Crippen MR) is 124 cm³/mol. The molecule has 6 nitrogen and oxygen atoms in total. The zero-order chi connectivity index (χ0) is 24.1. The summed E-state index contributed by atoms with van der Waals surface area (Å²) in [6, 6.07) is 12.0. The van der Waals surface area contributed by atoms with E-state index < -0.39 is 28.6 Å². The summed E-state index contributed by atoms with van der Waals surface area (Å²) in [5.74, 6) is -2.55. The molecule has 0 atom stereocenters. The van der Waals surface area contributed by atoms with E-state index in [4.69, 9.17) is 4.74 Å². The SMILES string of the molecule is COc1c(-c2ccc3c(c2)CN(C)C3)c(F)cc2c(=O)c(C(=O)O)cn(-c3ccc(F)cc3)c12. The Morgan fingerprint density at radius 3 is 2.41 bits per heavy atom. The third kappa shape index (κ3) is 3.43. The summed E-state index contributed by atoms with van der Waals surface area (Å²) in [6.07, 6.45) is 1.15. The number of carboxylic acid groups (broad SMARTS) is 1. The molecule has 5 rings (SSSR count). The molecular formula is C26H20F2N2O4. The first kappa shape index (κ1) is 21.8. The van der Waals surface area contributed by atoms with Gasteiger partial charge in [0.15, 0.2) is 5.75 Å². The van der Waals surface area contributed by atoms with E-state index in [0.29, 0.717) is 11.3 Å². The van der Waals surface area contributed by atoms with E-state index in [1.54, 1.807) is 6.07 Å². The predicted octanol–water partition coefficient (Wildman–Crippen LogP) is 4.59. The van der Waals surface area contributed by atoms with Crippen LogP contribution in [0.4, 0.5) is 8.78 Å². The first-order chi connectivity index (χ1) is 16.3. The summed E-state index contributed by atoms with van der Waals surface area (Å²) in [5, 5.41) is 9.43. The molecule has 0 saturated carbocycles. The molecule has 0 spiro atoms. The maximum atomic E-state index is 15.5. The highest BCUT2D eigenvalue weighted by Gasteiger charge is 2.25. The van der Waals surface area contributed by atoms with E-state index in [-0.39, 0.29) is 22.2 Å². The van der Waals surface area contributed by atoms with Crippen molar-refractivity contribution in [3.8, 4) is 22.6 Å². The number of nitrogens with zero attached hydrogens (tertiary/aromatic N) is 2. The van der Waals surface area contributed by atoms with Crippen molar-refractivity contribution in [2.24, 2.45) is 0 Å². The fraction of sp³-hybridized carbons (Fsp3) is 0.154. The molecule has 0 saturated heterocycles. The molecule has 1 aliphatic heterocycles. The maximum Gasteiger partial charge on any atom is 0.341 e. The van der Waals surface area contributed by atoms with Crippen LogP contribution >= 0.6 is 0 Å². The summed E-state index contributed by atoms with van der Waals surface area (Å²) in [6.45, 7) is 1.53. The van der Waals surface area contributed by atoms with Gasteiger partial charge in [-0.05, 0) is 60.1 Å². The summed E-state index contributed by atoms with van der Waals surface area (Å²) in [5.41, 5.74) is 2.17. The summed E-state index contributed by atoms with van der Waals surface area (Å²) >= 11 is 0. The van der Waals surface area contributed by atoms with Gasteiger partial charge >= 0.3 is 5.97 Å². The van der Waals surface area contributed by atoms with Crippen molar-refractivity contribution >= 4 is 16.9 Å². The molecule has 1 N–H and O–H groups in total. The molecule has 8 heteroatoms. The van der Waals surface area contributed by atoms with Crippen molar-refractivity contribution in [2.45, 2.75) is 13.1 Å². The number of hydrogen-bond donors (Lipinski definition) is 1. The van der Waals surface area contributed by atoms with Crippen LogP contribution in [-0.4, -0.2) is 34.7 Å². The molecule has 0 bridgehead atoms. The highest BCUT2D eigenvalue weighted by atomic mass is 19.1. The van der Waals surface area contributed by atoms with E-state index in [9.17, 15) is 19.1 Å². The number of methoxy groups -OCH3 is 1. The molecule has 0 fully saturated rings. The lowest BCUT2D eigenvalue weighted by atomic mass is 9.97. The molecule has 0 radical (unpaired) electrons. The van der Waals surface area contributed by atoms with Crippen LogP contribution in [0.2, 0.25) is 0 Å². The Morgan fingerprint density at radius 1 is 1.03 bits per heavy atom. The van der Waals surface area contributed by atoms with E-state index in [2.05, 4.69) is 4.90 Å². The molecule has 0 amide bonds. The number of carbonyl (C=O) groups is 1. The Morgan fingerprint density at radius 2 is 1.74 bits per heavy atom. The van der Waals surface area contributed by atoms with Crippen LogP contribution in [0.15, 0.2) is 59.5 Å². The third-order valence-corrected chi connectivity index (χ3v) is 6.11. The Balaban J connectivity index is 1.88. The number of aromatic carboxylic acids is 1. The van der Waals surface area contributed by atoms with Crippen molar-refractivity contribution in [3.05, 3.63) is 93.3 Å². The minimum absolute atomic E-state index is 0.0830. The van der Waals surface area contributed by atoms with E-state index >= 15 is 4.39 Å². The largest absolute Gasteiger partial charge is 0.494 e. The summed E-state index contributed by atoms with van der Waals surface area (Å²) in [4.78, 5) is 26.9. The number of carboxylic acids is 1. The number of aromatic nitrogens is 1. The fourth-order valence-electron chi connectivity index (χ4n) is 4.57. The number of benzene rings is 3. The second-order valence-corrected chi connectivity index (χ2v) is 8.34. The monoisotopic (exact) mass is 462 g/mol. The summed E-state index contributed by atoms with van der Waals surface area (Å²) < 4.78 is 36.2. The van der Waals surface area contributed by atoms with Crippen molar-refractivity contribution in [1.82, 2.24) is 9.47 Å². The number of hydrogen-bond acceptors (Lipinski definition) is 4. The standard InChI is InChI=1S/C26H20F2N2O4/c1-29-11-15-4-3-14(9-16(15)12-29)22-21(28)10-19-23(25(22)34-2)30(13-20(24(19)31)26(32)33)18-7-5-17(27)6-8-18/h3-10,13H,11-12H2,1-2H3,(H,32,33). The minimum atomic E-state index is -1.45. The van der Waals surface area contributed by atoms with Crippen LogP contribution in [0.5, 0.6) is 5.75 Å². The molecular weight excluding hydrogens is 442 g/mol. The number of ether oxygens (including phenoxy) is 1. The molecule has 172 valence electrons. The second-order valence-electron chi connectivity index (χ2n) is 8.34. The van der Waals surface area contributed by atoms with Crippen LogP contribution in [0, 0.1) is 11.6 Å². The number of fused-ring (bicyclic) bond motifs is 2. The molecule has 2 heterocycles. The van der Waals surface area contributed by atoms with Crippen molar-refractivity contribution in [2.75, 3.05) is 14.2 Å². The number of pyridine rings is 1. The quantitative estimate of drug-likeness (QED) is 0.481. The molecule has 0 aliphatic carbocycles. The lowest BCUT2D eigenvalue weighted by Gasteiger charge is -2.19. The van der Waals surface area contributed by atoms with E-state index in [1.165, 1.54) is 35.9 Å². The van der Waals surface area contributed by atoms with Gasteiger partial charge < -0.3 is 14.4 Å². The highest BCUT2D eigenvalue weighted by Crippen LogP contribution is 2.40. The average molecular weight is 462 g/mol. The lowest BCUT2D eigenvalue weighted by Crippen LogP contribution is -2.19. The normalized spacial score (nSPS) is 13.3. The van der Waals surface area contributed by atoms with Crippen LogP contribution in [0.3, 0.4) is 0 Å². The highest BCUT2D eigenvalue weighted by molar-refractivity contribution is 5.98. The molecule has 0 unspecified atom stereocenters. The van der Waals surface area contributed by atoms with Gasteiger partial charge in [-0.1, -0.05) is 12.1 Å².